The van der Waals surface area contributed by atoms with Crippen LogP contribution in [0, 0.1) is 24.2 Å². The average molecular weight is 1080 g/mol. The predicted octanol–water partition coefficient (Wildman–Crippen LogP) is 6.46. The van der Waals surface area contributed by atoms with Gasteiger partial charge in [-0.25, -0.2) is 9.97 Å². The number of aromatic hydroxyl groups is 1. The van der Waals surface area contributed by atoms with Crippen LogP contribution >= 0.6 is 11.3 Å². The molecule has 11 rings (SSSR count). The molecule has 1 aliphatic carbocycles. The fourth-order valence-electron chi connectivity index (χ4n) is 11.9. The van der Waals surface area contributed by atoms with Crippen molar-refractivity contribution in [2.24, 2.45) is 5.92 Å². The van der Waals surface area contributed by atoms with E-state index in [1.165, 1.54) is 16.2 Å². The van der Waals surface area contributed by atoms with Gasteiger partial charge in [-0.2, -0.15) is 5.26 Å². The molecule has 4 aromatic heterocycles. The Morgan fingerprint density at radius 3 is 2.47 bits per heavy atom. The lowest BCUT2D eigenvalue weighted by Crippen LogP contribution is -2.54. The number of likely N-dealkylation sites (tertiary alicyclic amines) is 2. The minimum Gasteiger partial charge on any atom is -0.507 e. The third-order valence-corrected chi connectivity index (χ3v) is 17.0. The Balaban J connectivity index is 0.602. The van der Waals surface area contributed by atoms with Crippen LogP contribution < -0.4 is 30.3 Å². The van der Waals surface area contributed by atoms with E-state index < -0.39 is 24.0 Å². The van der Waals surface area contributed by atoms with Crippen LogP contribution in [0.25, 0.3) is 21.7 Å². The number of ether oxygens (including phenoxy) is 3. The molecule has 6 aromatic rings. The highest BCUT2D eigenvalue weighted by Gasteiger charge is 2.44. The topological polar surface area (TPSA) is 255 Å². The molecule has 0 spiro atoms. The van der Waals surface area contributed by atoms with E-state index >= 15 is 0 Å². The number of aromatic nitrogens is 5. The van der Waals surface area contributed by atoms with Gasteiger partial charge in [0.1, 0.15) is 30.4 Å². The third-order valence-electron chi connectivity index (χ3n) is 16.0. The number of piperazine rings is 1. The van der Waals surface area contributed by atoms with Crippen LogP contribution in [-0.4, -0.2) is 146 Å². The minimum absolute atomic E-state index is 0.00628. The second-order valence-electron chi connectivity index (χ2n) is 21.6. The molecule has 21 heteroatoms. The zero-order chi connectivity index (χ0) is 54.0. The summed E-state index contributed by atoms with van der Waals surface area (Å²) in [6.45, 7) is 10.2. The summed E-state index contributed by atoms with van der Waals surface area (Å²) in [7, 11) is 0. The summed E-state index contributed by atoms with van der Waals surface area (Å²) in [4.78, 5) is 46.4. The number of pyridine rings is 1. The number of hydrogen-bond acceptors (Lipinski definition) is 19. The Bertz CT molecular complexity index is 3140. The van der Waals surface area contributed by atoms with Crippen molar-refractivity contribution in [2.45, 2.75) is 121 Å². The number of carbonyl (C=O) groups excluding carboxylic acids is 2. The number of thiazole rings is 1. The molecule has 2 amide bonds. The molecule has 408 valence electrons. The van der Waals surface area contributed by atoms with Crippen molar-refractivity contribution < 1.29 is 38.5 Å². The summed E-state index contributed by atoms with van der Waals surface area (Å²) in [6, 6.07) is 22.3. The maximum absolute atomic E-state index is 14.2. The Kier molecular flexibility index (Phi) is 15.5. The van der Waals surface area contributed by atoms with Gasteiger partial charge in [0, 0.05) is 107 Å². The van der Waals surface area contributed by atoms with E-state index in [2.05, 4.69) is 63.5 Å². The highest BCUT2D eigenvalue weighted by Crippen LogP contribution is 2.41. The molecule has 5 N–H and O–H groups in total. The van der Waals surface area contributed by atoms with Crippen molar-refractivity contribution in [1.82, 2.24) is 40.4 Å². The van der Waals surface area contributed by atoms with E-state index in [4.69, 9.17) is 24.5 Å². The van der Waals surface area contributed by atoms with Crippen LogP contribution in [0.1, 0.15) is 87.3 Å². The molecule has 5 fully saturated rings. The average Bonchev–Trinajstić information content (AvgIpc) is 4.40. The van der Waals surface area contributed by atoms with E-state index in [-0.39, 0.29) is 73.4 Å². The number of nitrogen functional groups attached to an aromatic ring is 1. The molecule has 20 nitrogen and oxygen atoms in total. The fraction of sp³-hybridized carbons (Fsp3) is 0.474. The molecule has 4 saturated heterocycles. The number of para-hydroxylation sites is 1. The molecular weight excluding hydrogens is 1010 g/mol. The maximum Gasteiger partial charge on any atom is 0.254 e. The number of nitriles is 1. The van der Waals surface area contributed by atoms with Crippen LogP contribution in [0.5, 0.6) is 17.5 Å². The van der Waals surface area contributed by atoms with Crippen LogP contribution in [0.4, 0.5) is 17.2 Å². The van der Waals surface area contributed by atoms with Gasteiger partial charge < -0.3 is 54.7 Å². The van der Waals surface area contributed by atoms with E-state index in [0.717, 1.165) is 92.2 Å². The Morgan fingerprint density at radius 1 is 0.936 bits per heavy atom. The van der Waals surface area contributed by atoms with Gasteiger partial charge in [0.25, 0.3) is 5.88 Å². The lowest BCUT2D eigenvalue weighted by molar-refractivity contribution is -0.141. The van der Waals surface area contributed by atoms with Gasteiger partial charge in [-0.1, -0.05) is 38.1 Å². The number of carbonyl (C=O) groups is 2. The molecule has 8 heterocycles. The number of phenolic OH excluding ortho intramolecular Hbond substituents is 1. The number of phenols is 1. The summed E-state index contributed by atoms with van der Waals surface area (Å²) in [5, 5.41) is 46.7. The third kappa shape index (κ3) is 11.3. The van der Waals surface area contributed by atoms with Gasteiger partial charge in [0.05, 0.1) is 57.4 Å². The number of nitrogens with two attached hydrogens (primary N) is 1. The van der Waals surface area contributed by atoms with Gasteiger partial charge in [-0.15, -0.1) is 21.5 Å². The van der Waals surface area contributed by atoms with Crippen molar-refractivity contribution in [3.05, 3.63) is 101 Å². The number of hydrogen-bond donors (Lipinski definition) is 4. The van der Waals surface area contributed by atoms with Gasteiger partial charge >= 0.3 is 0 Å². The number of benzene rings is 2. The molecule has 78 heavy (non-hydrogen) atoms. The highest BCUT2D eigenvalue weighted by molar-refractivity contribution is 7.13. The van der Waals surface area contributed by atoms with Crippen molar-refractivity contribution in [2.75, 3.05) is 61.4 Å². The first-order valence-corrected chi connectivity index (χ1v) is 28.0. The van der Waals surface area contributed by atoms with Crippen LogP contribution in [0.2, 0.25) is 0 Å². The van der Waals surface area contributed by atoms with Crippen molar-refractivity contribution in [3.8, 4) is 45.3 Å². The predicted molar refractivity (Wildman–Crippen MR) is 292 cm³/mol. The first-order valence-electron chi connectivity index (χ1n) is 27.1. The highest BCUT2D eigenvalue weighted by atomic mass is 32.1. The number of aliphatic hydroxyl groups is 1. The number of β-amino-alcohol motifs (C(OH)–C–C–N with tert-alkyl or cyclic N) is 1. The zero-order valence-corrected chi connectivity index (χ0v) is 44.9. The molecule has 1 saturated carbocycles. The van der Waals surface area contributed by atoms with Crippen LogP contribution in [-0.2, 0) is 20.9 Å². The van der Waals surface area contributed by atoms with Crippen molar-refractivity contribution >= 4 is 40.3 Å². The lowest BCUT2D eigenvalue weighted by Gasteiger charge is -2.43. The number of piperidine rings is 1. The molecule has 2 bridgehead atoms. The zero-order valence-electron chi connectivity index (χ0n) is 44.1. The van der Waals surface area contributed by atoms with Gasteiger partial charge in [-0.3, -0.25) is 14.5 Å². The maximum atomic E-state index is 14.2. The summed E-state index contributed by atoms with van der Waals surface area (Å²) < 4.78 is 24.7. The molecule has 2 aromatic carbocycles. The summed E-state index contributed by atoms with van der Waals surface area (Å²) >= 11 is 1.50. The van der Waals surface area contributed by atoms with Crippen molar-refractivity contribution in [1.29, 1.82) is 5.26 Å². The first kappa shape index (κ1) is 52.7. The number of anilines is 3. The second-order valence-corrected chi connectivity index (χ2v) is 22.4. The summed E-state index contributed by atoms with van der Waals surface area (Å²) in [5.41, 5.74) is 14.2. The Hall–Kier alpha value is -7.38. The quantitative estimate of drug-likeness (QED) is 0.0720. The Morgan fingerprint density at radius 2 is 1.73 bits per heavy atom. The molecule has 2 unspecified atom stereocenters. The SMILES string of the molecule is Cc1ncsc1-c1ccc(CNC(=O)[C@@H]2C[C@@H](O)CN2C(=O)[C@@H](c2cc(OCCN3CCC(OC4CC(Oc5cc(N6C7CCC6CN(c6cc(-c8ccccc8O)nnc6N)C7)ccn5)C4)CC3)no2)C(C)C)c(C#N)c1. The molecule has 5 atom stereocenters. The van der Waals surface area contributed by atoms with Crippen molar-refractivity contribution in [3.63, 3.8) is 0 Å². The smallest absolute Gasteiger partial charge is 0.254 e. The minimum atomic E-state index is -0.901. The summed E-state index contributed by atoms with van der Waals surface area (Å²) in [6.07, 6.45) is 7.04. The fourth-order valence-corrected chi connectivity index (χ4v) is 12.7. The van der Waals surface area contributed by atoms with E-state index in [9.17, 15) is 25.1 Å². The first-order chi connectivity index (χ1) is 37.8. The number of amides is 2. The number of nitrogens with one attached hydrogen (secondary N) is 1. The number of rotatable bonds is 18. The molecule has 5 aliphatic rings. The molecule has 0 radical (unpaired) electrons. The number of aryl methyl sites for hydroxylation is 1. The normalized spacial score (nSPS) is 22.8. The monoisotopic (exact) mass is 1080 g/mol. The van der Waals surface area contributed by atoms with Gasteiger partial charge in [-0.05, 0) is 85.1 Å². The lowest BCUT2D eigenvalue weighted by atomic mass is 9.91. The molecule has 4 aliphatic heterocycles. The van der Waals surface area contributed by atoms with Gasteiger partial charge in [0.15, 0.2) is 11.6 Å². The van der Waals surface area contributed by atoms with Crippen LogP contribution in [0.15, 0.2) is 83.0 Å². The standard InChI is InChI=1S/C57H66N12O8S/c1-33(2)53(57(73)68-31-41(70)22-48(68)56(72)61-28-36-9-8-35(20-37(36)27-58)54-34(3)62-32-78-54)50-26-52(65-77-50)74-19-18-66-16-13-42(14-17-66)75-43-23-44(24-43)76-51-21-38(12-15-60-51)69-39-10-11-40(69)30-67(29-39)47-25-46(63-64-55(47)59)45-6-4-5-7-49(45)71/h4-9,12,15,20-21,25-26,32-33,39-44,48,53,70-71H,10-11,13-14,16-19,22-24,28-31H2,1-3H3,(H2,59,64)(H,61,72)/t39?,40?,41-,43?,44?,48+,53-/m1/s1. The Labute approximate surface area is 457 Å². The number of aliphatic hydroxyl groups excluding tert-OH is 1. The second kappa shape index (κ2) is 22.9. The largest absolute Gasteiger partial charge is 0.507 e. The number of nitrogens with zero attached hydrogens (tertiary/aromatic N) is 10. The molecular formula is C57H66N12O8S. The van der Waals surface area contributed by atoms with Gasteiger partial charge in [0.2, 0.25) is 17.7 Å². The van der Waals surface area contributed by atoms with E-state index in [0.29, 0.717) is 53.0 Å². The summed E-state index contributed by atoms with van der Waals surface area (Å²) in [5.74, 6) is 0.0549. The van der Waals surface area contributed by atoms with E-state index in [1.807, 2.05) is 57.3 Å². The van der Waals surface area contributed by atoms with E-state index in [1.54, 1.807) is 29.8 Å². The number of fused-ring (bicyclic) bond motifs is 2. The van der Waals surface area contributed by atoms with Crippen LogP contribution in [0.3, 0.4) is 0 Å².